The van der Waals surface area contributed by atoms with Crippen LogP contribution in [0.25, 0.3) is 0 Å². The second-order valence-electron chi connectivity index (χ2n) is 4.50. The molecule has 0 fully saturated rings. The normalized spacial score (nSPS) is 10.5. The van der Waals surface area contributed by atoms with Gasteiger partial charge in [0.2, 0.25) is 5.78 Å². The monoisotopic (exact) mass is 256 g/mol. The summed E-state index contributed by atoms with van der Waals surface area (Å²) in [7, 11) is 0. The number of nitrogens with zero attached hydrogens (tertiary/aromatic N) is 1. The fourth-order valence-electron chi connectivity index (χ4n) is 1.64. The van der Waals surface area contributed by atoms with Crippen molar-refractivity contribution >= 4 is 11.5 Å². The van der Waals surface area contributed by atoms with E-state index in [1.807, 2.05) is 13.8 Å². The molecule has 0 bridgehead atoms. The predicted molar refractivity (Wildman–Crippen MR) is 74.3 cm³/mol. The molecule has 19 heavy (non-hydrogen) atoms. The van der Waals surface area contributed by atoms with Gasteiger partial charge in [0.1, 0.15) is 11.4 Å². The summed E-state index contributed by atoms with van der Waals surface area (Å²) in [6.45, 7) is 3.91. The number of ketones is 1. The van der Waals surface area contributed by atoms with Crippen LogP contribution in [0.15, 0.2) is 42.6 Å². The van der Waals surface area contributed by atoms with Gasteiger partial charge in [-0.15, -0.1) is 0 Å². The van der Waals surface area contributed by atoms with Crippen LogP contribution in [-0.4, -0.2) is 16.9 Å². The van der Waals surface area contributed by atoms with Gasteiger partial charge in [0.15, 0.2) is 0 Å². The van der Waals surface area contributed by atoms with Gasteiger partial charge in [0.05, 0.1) is 18.0 Å². The molecule has 2 aromatic rings. The number of aromatic nitrogens is 1. The van der Waals surface area contributed by atoms with Gasteiger partial charge in [0, 0.05) is 5.56 Å². The highest BCUT2D eigenvalue weighted by Crippen LogP contribution is 2.16. The number of nitrogens with two attached hydrogens (primary N) is 1. The molecule has 0 unspecified atom stereocenters. The molecule has 0 atom stereocenters. The fraction of sp³-hybridized carbons (Fsp3) is 0.200. The number of pyridine rings is 1. The third-order valence-corrected chi connectivity index (χ3v) is 2.51. The Morgan fingerprint density at radius 3 is 2.37 bits per heavy atom. The minimum atomic E-state index is -0.129. The maximum atomic E-state index is 12.1. The molecule has 0 amide bonds. The summed E-state index contributed by atoms with van der Waals surface area (Å²) in [6, 6.07) is 10.3. The van der Waals surface area contributed by atoms with Crippen molar-refractivity contribution in [2.24, 2.45) is 0 Å². The molecule has 1 heterocycles. The first kappa shape index (κ1) is 13.1. The number of hydrogen-bond donors (Lipinski definition) is 1. The van der Waals surface area contributed by atoms with Crippen LogP contribution in [0, 0.1) is 0 Å². The molecule has 4 nitrogen and oxygen atoms in total. The summed E-state index contributed by atoms with van der Waals surface area (Å²) in [5, 5.41) is 0. The second-order valence-corrected chi connectivity index (χ2v) is 4.50. The summed E-state index contributed by atoms with van der Waals surface area (Å²) >= 11 is 0. The predicted octanol–water partition coefficient (Wildman–Crippen LogP) is 2.68. The van der Waals surface area contributed by atoms with Gasteiger partial charge in [-0.25, -0.2) is 0 Å². The topological polar surface area (TPSA) is 65.2 Å². The van der Waals surface area contributed by atoms with Gasteiger partial charge in [-0.3, -0.25) is 9.78 Å². The van der Waals surface area contributed by atoms with Gasteiger partial charge in [-0.2, -0.15) is 0 Å². The van der Waals surface area contributed by atoms with E-state index >= 15 is 0 Å². The van der Waals surface area contributed by atoms with E-state index in [2.05, 4.69) is 4.98 Å². The first-order chi connectivity index (χ1) is 9.06. The van der Waals surface area contributed by atoms with Crippen LogP contribution in [-0.2, 0) is 0 Å². The highest BCUT2D eigenvalue weighted by atomic mass is 16.5. The molecule has 0 aliphatic carbocycles. The highest BCUT2D eigenvalue weighted by Gasteiger charge is 2.10. The molecule has 4 heteroatoms. The number of carbonyl (C=O) groups excluding carboxylic acids is 1. The lowest BCUT2D eigenvalue weighted by atomic mass is 10.1. The Morgan fingerprint density at radius 2 is 1.84 bits per heavy atom. The van der Waals surface area contributed by atoms with Crippen molar-refractivity contribution in [1.82, 2.24) is 4.98 Å². The van der Waals surface area contributed by atoms with E-state index in [4.69, 9.17) is 10.5 Å². The molecule has 0 aliphatic heterocycles. The van der Waals surface area contributed by atoms with Crippen molar-refractivity contribution in [3.05, 3.63) is 53.9 Å². The average molecular weight is 256 g/mol. The van der Waals surface area contributed by atoms with Crippen molar-refractivity contribution in [3.63, 3.8) is 0 Å². The Hall–Kier alpha value is -2.36. The van der Waals surface area contributed by atoms with E-state index in [0.717, 1.165) is 5.75 Å². The Bertz CT molecular complexity index is 560. The lowest BCUT2D eigenvalue weighted by Gasteiger charge is -2.09. The molecule has 0 saturated carbocycles. The van der Waals surface area contributed by atoms with Crippen LogP contribution in [0.1, 0.15) is 29.9 Å². The van der Waals surface area contributed by atoms with Gasteiger partial charge in [-0.05, 0) is 50.2 Å². The molecule has 0 radical (unpaired) electrons. The molecule has 98 valence electrons. The van der Waals surface area contributed by atoms with Crippen LogP contribution in [0.5, 0.6) is 5.75 Å². The standard InChI is InChI=1S/C15H16N2O2/c1-10(2)19-13-6-3-11(4-7-13)15(18)14-8-5-12(16)9-17-14/h3-10H,16H2,1-2H3. The highest BCUT2D eigenvalue weighted by molar-refractivity contribution is 6.07. The van der Waals surface area contributed by atoms with E-state index in [-0.39, 0.29) is 11.9 Å². The molecule has 1 aromatic heterocycles. The second kappa shape index (κ2) is 5.52. The van der Waals surface area contributed by atoms with Crippen LogP contribution in [0.2, 0.25) is 0 Å². The minimum Gasteiger partial charge on any atom is -0.491 e. The zero-order chi connectivity index (χ0) is 13.8. The molecule has 1 aromatic carbocycles. The summed E-state index contributed by atoms with van der Waals surface area (Å²) in [5.74, 6) is 0.618. The molecular weight excluding hydrogens is 240 g/mol. The Kier molecular flexibility index (Phi) is 3.80. The number of hydrogen-bond acceptors (Lipinski definition) is 4. The number of anilines is 1. The summed E-state index contributed by atoms with van der Waals surface area (Å²) in [4.78, 5) is 16.2. The first-order valence-electron chi connectivity index (χ1n) is 6.09. The molecule has 0 saturated heterocycles. The van der Waals surface area contributed by atoms with E-state index in [1.165, 1.54) is 6.20 Å². The average Bonchev–Trinajstić information content (AvgIpc) is 2.39. The quantitative estimate of drug-likeness (QED) is 0.854. The number of nitrogen functional groups attached to an aromatic ring is 1. The molecule has 0 aliphatic rings. The van der Waals surface area contributed by atoms with Crippen molar-refractivity contribution in [2.75, 3.05) is 5.73 Å². The largest absolute Gasteiger partial charge is 0.491 e. The molecule has 2 N–H and O–H groups in total. The third kappa shape index (κ3) is 3.31. The van der Waals surface area contributed by atoms with E-state index in [9.17, 15) is 4.79 Å². The zero-order valence-corrected chi connectivity index (χ0v) is 11.0. The molecule has 2 rings (SSSR count). The van der Waals surface area contributed by atoms with Crippen molar-refractivity contribution in [3.8, 4) is 5.75 Å². The lowest BCUT2D eigenvalue weighted by Crippen LogP contribution is -2.07. The first-order valence-corrected chi connectivity index (χ1v) is 6.09. The molecular formula is C15H16N2O2. The summed E-state index contributed by atoms with van der Waals surface area (Å²) in [5.41, 5.74) is 7.04. The molecule has 0 spiro atoms. The van der Waals surface area contributed by atoms with Crippen molar-refractivity contribution in [1.29, 1.82) is 0 Å². The van der Waals surface area contributed by atoms with Crippen LogP contribution < -0.4 is 10.5 Å². The SMILES string of the molecule is CC(C)Oc1ccc(C(=O)c2ccc(N)cn2)cc1. The Balaban J connectivity index is 2.17. The third-order valence-electron chi connectivity index (χ3n) is 2.51. The van der Waals surface area contributed by atoms with Crippen molar-refractivity contribution < 1.29 is 9.53 Å². The van der Waals surface area contributed by atoms with E-state index in [0.29, 0.717) is 16.9 Å². The maximum absolute atomic E-state index is 12.1. The fourth-order valence-corrected chi connectivity index (χ4v) is 1.64. The van der Waals surface area contributed by atoms with E-state index < -0.39 is 0 Å². The van der Waals surface area contributed by atoms with Crippen LogP contribution in [0.3, 0.4) is 0 Å². The van der Waals surface area contributed by atoms with Crippen LogP contribution in [0.4, 0.5) is 5.69 Å². The van der Waals surface area contributed by atoms with Gasteiger partial charge < -0.3 is 10.5 Å². The lowest BCUT2D eigenvalue weighted by molar-refractivity contribution is 0.103. The minimum absolute atomic E-state index is 0.111. The van der Waals surface area contributed by atoms with Gasteiger partial charge >= 0.3 is 0 Å². The van der Waals surface area contributed by atoms with Crippen molar-refractivity contribution in [2.45, 2.75) is 20.0 Å². The summed E-state index contributed by atoms with van der Waals surface area (Å²) < 4.78 is 5.53. The van der Waals surface area contributed by atoms with Crippen LogP contribution >= 0.6 is 0 Å². The smallest absolute Gasteiger partial charge is 0.211 e. The Morgan fingerprint density at radius 1 is 1.16 bits per heavy atom. The summed E-state index contributed by atoms with van der Waals surface area (Å²) in [6.07, 6.45) is 1.59. The van der Waals surface area contributed by atoms with E-state index in [1.54, 1.807) is 36.4 Å². The number of carbonyl (C=O) groups is 1. The Labute approximate surface area is 112 Å². The van der Waals surface area contributed by atoms with Gasteiger partial charge in [0.25, 0.3) is 0 Å². The number of benzene rings is 1. The maximum Gasteiger partial charge on any atom is 0.211 e. The number of rotatable bonds is 4. The van der Waals surface area contributed by atoms with Gasteiger partial charge in [-0.1, -0.05) is 0 Å². The zero-order valence-electron chi connectivity index (χ0n) is 11.0. The number of ether oxygens (including phenoxy) is 1.